The van der Waals surface area contributed by atoms with E-state index in [1.54, 1.807) is 0 Å². The lowest BCUT2D eigenvalue weighted by Crippen LogP contribution is -2.05. The van der Waals surface area contributed by atoms with Crippen molar-refractivity contribution in [3.05, 3.63) is 47.5 Å². The van der Waals surface area contributed by atoms with Crippen molar-refractivity contribution in [2.75, 3.05) is 5.73 Å². The Morgan fingerprint density at radius 2 is 1.81 bits per heavy atom. The summed E-state index contributed by atoms with van der Waals surface area (Å²) < 4.78 is 2.26. The highest BCUT2D eigenvalue weighted by Crippen LogP contribution is 2.33. The summed E-state index contributed by atoms with van der Waals surface area (Å²) in [5, 5.41) is 0. The normalized spacial score (nSPS) is 11.5. The average Bonchev–Trinajstić information content (AvgIpc) is 2.82. The first-order valence-corrected chi connectivity index (χ1v) is 7.33. The molecule has 0 saturated carbocycles. The molecule has 0 amide bonds. The van der Waals surface area contributed by atoms with E-state index in [2.05, 4.69) is 55.7 Å². The molecule has 1 aromatic heterocycles. The molecule has 108 valence electrons. The summed E-state index contributed by atoms with van der Waals surface area (Å²) in [6.45, 7) is 8.50. The number of aromatic nitrogens is 2. The monoisotopic (exact) mass is 279 g/mol. The van der Waals surface area contributed by atoms with Crippen molar-refractivity contribution in [3.8, 4) is 11.4 Å². The summed E-state index contributed by atoms with van der Waals surface area (Å²) in [6, 6.07) is 12.8. The molecule has 0 unspecified atom stereocenters. The lowest BCUT2D eigenvalue weighted by atomic mass is 10.0. The molecule has 0 radical (unpaired) electrons. The Hall–Kier alpha value is -2.29. The molecule has 3 aromatic rings. The van der Waals surface area contributed by atoms with E-state index in [1.807, 2.05) is 13.0 Å². The van der Waals surface area contributed by atoms with Crippen LogP contribution >= 0.6 is 0 Å². The van der Waals surface area contributed by atoms with Gasteiger partial charge in [0.15, 0.2) is 0 Å². The summed E-state index contributed by atoms with van der Waals surface area (Å²) in [6.07, 6.45) is 0. The van der Waals surface area contributed by atoms with Gasteiger partial charge in [-0.3, -0.25) is 0 Å². The second-order valence-corrected chi connectivity index (χ2v) is 5.93. The van der Waals surface area contributed by atoms with E-state index in [4.69, 9.17) is 10.7 Å². The Bertz CT molecular complexity index is 813. The van der Waals surface area contributed by atoms with Gasteiger partial charge in [0, 0.05) is 17.3 Å². The van der Waals surface area contributed by atoms with Gasteiger partial charge >= 0.3 is 0 Å². The van der Waals surface area contributed by atoms with E-state index in [0.29, 0.717) is 6.04 Å². The fraction of sp³-hybridized carbons (Fsp3) is 0.278. The van der Waals surface area contributed by atoms with Crippen LogP contribution in [0.4, 0.5) is 5.69 Å². The zero-order chi connectivity index (χ0) is 15.1. The third kappa shape index (κ3) is 2.19. The summed E-state index contributed by atoms with van der Waals surface area (Å²) in [7, 11) is 0. The zero-order valence-corrected chi connectivity index (χ0v) is 13.0. The molecule has 21 heavy (non-hydrogen) atoms. The van der Waals surface area contributed by atoms with Gasteiger partial charge in [0.2, 0.25) is 0 Å². The van der Waals surface area contributed by atoms with Crippen LogP contribution in [-0.2, 0) is 0 Å². The van der Waals surface area contributed by atoms with Crippen LogP contribution in [0.3, 0.4) is 0 Å². The van der Waals surface area contributed by atoms with Gasteiger partial charge in [-0.05, 0) is 57.0 Å². The van der Waals surface area contributed by atoms with Crippen molar-refractivity contribution in [1.82, 2.24) is 9.55 Å². The van der Waals surface area contributed by atoms with Crippen LogP contribution in [0, 0.1) is 13.8 Å². The number of benzene rings is 2. The average molecular weight is 279 g/mol. The highest BCUT2D eigenvalue weighted by Gasteiger charge is 2.17. The highest BCUT2D eigenvalue weighted by atomic mass is 15.1. The van der Waals surface area contributed by atoms with Crippen molar-refractivity contribution >= 4 is 16.7 Å². The lowest BCUT2D eigenvalue weighted by Gasteiger charge is -2.16. The molecule has 0 aliphatic heterocycles. The quantitative estimate of drug-likeness (QED) is 0.703. The molecular weight excluding hydrogens is 258 g/mol. The number of nitrogens with zero attached hydrogens (tertiary/aromatic N) is 2. The van der Waals surface area contributed by atoms with Crippen molar-refractivity contribution in [3.63, 3.8) is 0 Å². The number of aryl methyl sites for hydroxylation is 2. The molecular formula is C18H21N3. The van der Waals surface area contributed by atoms with Gasteiger partial charge in [-0.2, -0.15) is 0 Å². The Morgan fingerprint density at radius 1 is 1.10 bits per heavy atom. The number of hydrogen-bond acceptors (Lipinski definition) is 2. The van der Waals surface area contributed by atoms with Gasteiger partial charge in [0.1, 0.15) is 5.82 Å². The Morgan fingerprint density at radius 3 is 2.52 bits per heavy atom. The van der Waals surface area contributed by atoms with Crippen LogP contribution in [0.2, 0.25) is 0 Å². The second-order valence-electron chi connectivity index (χ2n) is 5.93. The highest BCUT2D eigenvalue weighted by molar-refractivity contribution is 5.84. The molecule has 2 N–H and O–H groups in total. The molecule has 0 saturated heterocycles. The first kappa shape index (κ1) is 13.7. The molecule has 3 heteroatoms. The van der Waals surface area contributed by atoms with Gasteiger partial charge in [0.05, 0.1) is 11.0 Å². The number of hydrogen-bond donors (Lipinski definition) is 1. The molecule has 3 nitrogen and oxygen atoms in total. The van der Waals surface area contributed by atoms with E-state index < -0.39 is 0 Å². The number of nitrogen functional groups attached to an aromatic ring is 1. The fourth-order valence-corrected chi connectivity index (χ4v) is 2.92. The smallest absolute Gasteiger partial charge is 0.143 e. The van der Waals surface area contributed by atoms with Crippen LogP contribution in [-0.4, -0.2) is 9.55 Å². The fourth-order valence-electron chi connectivity index (χ4n) is 2.92. The maximum absolute atomic E-state index is 6.32. The van der Waals surface area contributed by atoms with Crippen molar-refractivity contribution in [2.45, 2.75) is 33.7 Å². The molecule has 1 heterocycles. The van der Waals surface area contributed by atoms with Gasteiger partial charge in [-0.1, -0.05) is 18.2 Å². The van der Waals surface area contributed by atoms with E-state index in [-0.39, 0.29) is 0 Å². The van der Waals surface area contributed by atoms with E-state index in [0.717, 1.165) is 33.7 Å². The van der Waals surface area contributed by atoms with Gasteiger partial charge < -0.3 is 10.3 Å². The molecule has 0 fully saturated rings. The van der Waals surface area contributed by atoms with E-state index in [9.17, 15) is 0 Å². The van der Waals surface area contributed by atoms with Crippen LogP contribution in [0.1, 0.15) is 31.0 Å². The Balaban J connectivity index is 2.38. The van der Waals surface area contributed by atoms with Crippen LogP contribution in [0.15, 0.2) is 36.4 Å². The zero-order valence-electron chi connectivity index (χ0n) is 13.0. The third-order valence-corrected chi connectivity index (χ3v) is 3.88. The first-order valence-electron chi connectivity index (χ1n) is 7.33. The van der Waals surface area contributed by atoms with Gasteiger partial charge in [-0.25, -0.2) is 4.98 Å². The number of rotatable bonds is 2. The SMILES string of the molecule is Cc1cc(C)c(N)c(-c2nc3ccccc3n2C(C)C)c1. The summed E-state index contributed by atoms with van der Waals surface area (Å²) >= 11 is 0. The lowest BCUT2D eigenvalue weighted by molar-refractivity contribution is 0.624. The molecule has 0 aliphatic carbocycles. The molecule has 3 rings (SSSR count). The number of anilines is 1. The topological polar surface area (TPSA) is 43.8 Å². The molecule has 0 aliphatic rings. The van der Waals surface area contributed by atoms with Crippen LogP contribution in [0.5, 0.6) is 0 Å². The predicted octanol–water partition coefficient (Wildman–Crippen LogP) is 4.48. The maximum Gasteiger partial charge on any atom is 0.143 e. The third-order valence-electron chi connectivity index (χ3n) is 3.88. The number of para-hydroxylation sites is 2. The summed E-state index contributed by atoms with van der Waals surface area (Å²) in [5.41, 5.74) is 12.6. The number of nitrogens with two attached hydrogens (primary N) is 1. The minimum absolute atomic E-state index is 0.326. The predicted molar refractivity (Wildman–Crippen MR) is 89.4 cm³/mol. The van der Waals surface area contributed by atoms with Crippen molar-refractivity contribution < 1.29 is 0 Å². The van der Waals surface area contributed by atoms with Crippen LogP contribution < -0.4 is 5.73 Å². The molecule has 2 aromatic carbocycles. The van der Waals surface area contributed by atoms with Crippen LogP contribution in [0.25, 0.3) is 22.4 Å². The summed E-state index contributed by atoms with van der Waals surface area (Å²) in [4.78, 5) is 4.83. The second kappa shape index (κ2) is 4.92. The maximum atomic E-state index is 6.32. The number of imidazole rings is 1. The molecule has 0 atom stereocenters. The minimum atomic E-state index is 0.326. The summed E-state index contributed by atoms with van der Waals surface area (Å²) in [5.74, 6) is 0.954. The molecule has 0 bridgehead atoms. The Labute approximate surface area is 125 Å². The largest absolute Gasteiger partial charge is 0.398 e. The van der Waals surface area contributed by atoms with Gasteiger partial charge in [0.25, 0.3) is 0 Å². The van der Waals surface area contributed by atoms with Crippen molar-refractivity contribution in [1.29, 1.82) is 0 Å². The Kier molecular flexibility index (Phi) is 3.20. The minimum Gasteiger partial charge on any atom is -0.398 e. The van der Waals surface area contributed by atoms with E-state index in [1.165, 1.54) is 5.56 Å². The first-order chi connectivity index (χ1) is 9.99. The standard InChI is InChI=1S/C18H21N3/c1-11(2)21-16-8-6-5-7-15(16)20-18(21)14-10-12(3)9-13(4)17(14)19/h5-11H,19H2,1-4H3. The molecule has 0 spiro atoms. The van der Waals surface area contributed by atoms with E-state index >= 15 is 0 Å². The van der Waals surface area contributed by atoms with Gasteiger partial charge in [-0.15, -0.1) is 0 Å². The number of fused-ring (bicyclic) bond motifs is 1. The van der Waals surface area contributed by atoms with Crippen molar-refractivity contribution in [2.24, 2.45) is 0 Å².